The van der Waals surface area contributed by atoms with Gasteiger partial charge in [-0.25, -0.2) is 0 Å². The fourth-order valence-electron chi connectivity index (χ4n) is 1.16. The topological polar surface area (TPSA) is 67.5 Å². The maximum Gasteiger partial charge on any atom is 0.150 e. The van der Waals surface area contributed by atoms with Gasteiger partial charge in [0.05, 0.1) is 18.0 Å². The van der Waals surface area contributed by atoms with Gasteiger partial charge in [0.15, 0.2) is 0 Å². The minimum atomic E-state index is -0.0752. The first-order valence-electron chi connectivity index (χ1n) is 3.92. The number of aliphatic hydroxyl groups excluding tert-OH is 1. The Kier molecular flexibility index (Phi) is 1.83. The lowest BCUT2D eigenvalue weighted by Crippen LogP contribution is -2.11. The molecule has 4 nitrogen and oxygen atoms in total. The minimum Gasteiger partial charge on any atom is -0.461 e. The molecule has 1 heterocycles. The second kappa shape index (κ2) is 2.99. The number of nitrogens with one attached hydrogen (secondary N) is 1. The molecule has 13 heavy (non-hydrogen) atoms. The summed E-state index contributed by atoms with van der Waals surface area (Å²) in [4.78, 5) is 0. The molecule has 1 aliphatic rings. The van der Waals surface area contributed by atoms with Crippen molar-refractivity contribution < 1.29 is 9.84 Å². The number of hydrogen-bond acceptors (Lipinski definition) is 4. The van der Waals surface area contributed by atoms with Crippen molar-refractivity contribution in [3.8, 4) is 5.75 Å². The smallest absolute Gasteiger partial charge is 0.150 e. The highest BCUT2D eigenvalue weighted by Gasteiger charge is 2.10. The third-order valence-corrected chi connectivity index (χ3v) is 1.80. The molecule has 1 aromatic rings. The number of aliphatic hydroxyl groups is 1. The van der Waals surface area contributed by atoms with E-state index in [4.69, 9.17) is 15.6 Å². The molecule has 0 aliphatic carbocycles. The third-order valence-electron chi connectivity index (χ3n) is 1.80. The molecule has 68 valence electrons. The first kappa shape index (κ1) is 7.94. The summed E-state index contributed by atoms with van der Waals surface area (Å²) in [5.41, 5.74) is 7.66. The molecule has 0 unspecified atom stereocenters. The van der Waals surface area contributed by atoms with Crippen molar-refractivity contribution in [3.05, 3.63) is 30.2 Å². The van der Waals surface area contributed by atoms with Crippen molar-refractivity contribution in [2.75, 3.05) is 17.7 Å². The molecular weight excluding hydrogens is 168 g/mol. The highest BCUT2D eigenvalue weighted by Crippen LogP contribution is 2.30. The Bertz CT molecular complexity index is 361. The van der Waals surface area contributed by atoms with Crippen LogP contribution in [-0.2, 0) is 0 Å². The Morgan fingerprint density at radius 1 is 1.46 bits per heavy atom. The average molecular weight is 178 g/mol. The molecule has 0 saturated heterocycles. The summed E-state index contributed by atoms with van der Waals surface area (Å²) in [5.74, 6) is 0.714. The molecular formula is C9H10N2O2. The zero-order chi connectivity index (χ0) is 9.26. The van der Waals surface area contributed by atoms with Crippen molar-refractivity contribution in [1.82, 2.24) is 0 Å². The van der Waals surface area contributed by atoms with Crippen LogP contribution in [0.25, 0.3) is 0 Å². The van der Waals surface area contributed by atoms with Gasteiger partial charge in [-0.1, -0.05) is 0 Å². The average Bonchev–Trinajstić information content (AvgIpc) is 2.16. The van der Waals surface area contributed by atoms with E-state index in [9.17, 15) is 0 Å². The molecule has 1 aliphatic heterocycles. The van der Waals surface area contributed by atoms with E-state index in [1.165, 1.54) is 6.26 Å². The molecule has 0 atom stereocenters. The molecule has 0 spiro atoms. The molecule has 0 aromatic heterocycles. The zero-order valence-electron chi connectivity index (χ0n) is 6.95. The molecule has 0 amide bonds. The Morgan fingerprint density at radius 3 is 3.08 bits per heavy atom. The number of hydrogen-bond donors (Lipinski definition) is 3. The monoisotopic (exact) mass is 178 g/mol. The Labute approximate surface area is 75.6 Å². The number of nitrogen functional groups attached to an aromatic ring is 1. The van der Waals surface area contributed by atoms with E-state index < -0.39 is 0 Å². The van der Waals surface area contributed by atoms with Crippen molar-refractivity contribution in [3.63, 3.8) is 0 Å². The van der Waals surface area contributed by atoms with Crippen LogP contribution in [0.3, 0.4) is 0 Å². The van der Waals surface area contributed by atoms with Crippen LogP contribution >= 0.6 is 0 Å². The Hall–Kier alpha value is -1.68. The first-order valence-corrected chi connectivity index (χ1v) is 3.92. The number of rotatable bonds is 1. The van der Waals surface area contributed by atoms with Crippen molar-refractivity contribution in [1.29, 1.82) is 0 Å². The van der Waals surface area contributed by atoms with Gasteiger partial charge in [-0.2, -0.15) is 0 Å². The molecule has 4 heteroatoms. The first-order chi connectivity index (χ1) is 6.29. The lowest BCUT2D eigenvalue weighted by molar-refractivity contribution is 0.324. The van der Waals surface area contributed by atoms with E-state index in [1.54, 1.807) is 18.2 Å². The number of ether oxygens (including phenoxy) is 1. The number of benzene rings is 1. The van der Waals surface area contributed by atoms with Crippen LogP contribution in [0.15, 0.2) is 30.2 Å². The lowest BCUT2D eigenvalue weighted by atomic mass is 10.2. The summed E-state index contributed by atoms with van der Waals surface area (Å²) in [6.45, 7) is -0.0752. The fourth-order valence-corrected chi connectivity index (χ4v) is 1.16. The molecule has 1 aromatic carbocycles. The van der Waals surface area contributed by atoms with Gasteiger partial charge in [0, 0.05) is 5.69 Å². The second-order valence-electron chi connectivity index (χ2n) is 2.80. The van der Waals surface area contributed by atoms with E-state index in [0.29, 0.717) is 17.1 Å². The minimum absolute atomic E-state index is 0.0752. The molecule has 0 radical (unpaired) electrons. The van der Waals surface area contributed by atoms with Crippen LogP contribution in [0.1, 0.15) is 0 Å². The van der Waals surface area contributed by atoms with Gasteiger partial charge in [-0.05, 0) is 18.2 Å². The van der Waals surface area contributed by atoms with Crippen LogP contribution in [0.2, 0.25) is 0 Å². The molecule has 4 N–H and O–H groups in total. The Morgan fingerprint density at radius 2 is 2.31 bits per heavy atom. The van der Waals surface area contributed by atoms with Gasteiger partial charge < -0.3 is 20.9 Å². The van der Waals surface area contributed by atoms with E-state index in [2.05, 4.69) is 5.32 Å². The van der Waals surface area contributed by atoms with Crippen molar-refractivity contribution in [2.24, 2.45) is 0 Å². The van der Waals surface area contributed by atoms with Crippen LogP contribution in [0.4, 0.5) is 11.4 Å². The van der Waals surface area contributed by atoms with Gasteiger partial charge in [0.2, 0.25) is 0 Å². The van der Waals surface area contributed by atoms with E-state index in [0.717, 1.165) is 5.69 Å². The molecule has 0 fully saturated rings. The van der Waals surface area contributed by atoms with Gasteiger partial charge in [0.1, 0.15) is 12.0 Å². The lowest BCUT2D eigenvalue weighted by Gasteiger charge is -2.18. The van der Waals surface area contributed by atoms with Crippen molar-refractivity contribution >= 4 is 11.4 Å². The highest BCUT2D eigenvalue weighted by molar-refractivity contribution is 5.67. The predicted molar refractivity (Wildman–Crippen MR) is 50.3 cm³/mol. The number of fused-ring (bicyclic) bond motifs is 1. The summed E-state index contributed by atoms with van der Waals surface area (Å²) < 4.78 is 5.24. The maximum atomic E-state index is 8.84. The van der Waals surface area contributed by atoms with E-state index in [-0.39, 0.29) is 6.61 Å². The number of nitrogens with two attached hydrogens (primary N) is 1. The summed E-state index contributed by atoms with van der Waals surface area (Å²) >= 11 is 0. The van der Waals surface area contributed by atoms with Gasteiger partial charge in [-0.3, -0.25) is 0 Å². The van der Waals surface area contributed by atoms with E-state index in [1.807, 2.05) is 0 Å². The summed E-state index contributed by atoms with van der Waals surface area (Å²) in [5, 5.41) is 11.8. The zero-order valence-corrected chi connectivity index (χ0v) is 6.95. The predicted octanol–water partition coefficient (Wildman–Crippen LogP) is 0.907. The largest absolute Gasteiger partial charge is 0.461 e. The Balaban J connectivity index is 2.34. The number of anilines is 2. The van der Waals surface area contributed by atoms with Crippen LogP contribution in [-0.4, -0.2) is 11.7 Å². The second-order valence-corrected chi connectivity index (χ2v) is 2.80. The van der Waals surface area contributed by atoms with Crippen LogP contribution < -0.4 is 15.8 Å². The van der Waals surface area contributed by atoms with Crippen molar-refractivity contribution in [2.45, 2.75) is 0 Å². The molecule has 0 bridgehead atoms. The van der Waals surface area contributed by atoms with Gasteiger partial charge >= 0.3 is 0 Å². The molecule has 0 saturated carbocycles. The quantitative estimate of drug-likeness (QED) is 0.559. The highest BCUT2D eigenvalue weighted by atomic mass is 16.5. The van der Waals surface area contributed by atoms with Crippen LogP contribution in [0, 0.1) is 0 Å². The van der Waals surface area contributed by atoms with Crippen LogP contribution in [0.5, 0.6) is 5.75 Å². The van der Waals surface area contributed by atoms with Gasteiger partial charge in [-0.15, -0.1) is 0 Å². The summed E-state index contributed by atoms with van der Waals surface area (Å²) in [6, 6.07) is 5.30. The summed E-state index contributed by atoms with van der Waals surface area (Å²) in [7, 11) is 0. The fraction of sp³-hybridized carbons (Fsp3) is 0.111. The SMILES string of the molecule is Nc1ccc2c(c1)NC(CO)=CO2. The van der Waals surface area contributed by atoms with E-state index >= 15 is 0 Å². The standard InChI is InChI=1S/C9H10N2O2/c10-6-1-2-9-8(3-6)11-7(4-12)5-13-9/h1-3,5,11-12H,4,10H2. The molecule has 2 rings (SSSR count). The third kappa shape index (κ3) is 1.43. The maximum absolute atomic E-state index is 8.84. The van der Waals surface area contributed by atoms with Gasteiger partial charge in [0.25, 0.3) is 0 Å². The summed E-state index contributed by atoms with van der Waals surface area (Å²) in [6.07, 6.45) is 1.48. The normalized spacial score (nSPS) is 13.8.